The number of unbranched alkanes of at least 4 members (excludes halogenated alkanes) is 6. The molecule has 2 unspecified atom stereocenters. The van der Waals surface area contributed by atoms with E-state index in [0.717, 1.165) is 0 Å². The summed E-state index contributed by atoms with van der Waals surface area (Å²) in [6, 6.07) is 37.4. The molecule has 0 saturated carbocycles. The Morgan fingerprint density at radius 1 is 0.500 bits per heavy atom. The van der Waals surface area contributed by atoms with Gasteiger partial charge in [0.15, 0.2) is 0 Å². The number of hydrogen-bond donors (Lipinski definition) is 0. The molecule has 1 heterocycles. The first-order valence-corrected chi connectivity index (χ1v) is 24.0. The second kappa shape index (κ2) is 16.4. The van der Waals surface area contributed by atoms with Crippen LogP contribution in [-0.4, -0.2) is 8.07 Å². The molecule has 0 fully saturated rings. The van der Waals surface area contributed by atoms with Gasteiger partial charge in [0.1, 0.15) is 0 Å². The molecule has 0 saturated heterocycles. The molecule has 4 bridgehead atoms. The second-order valence-corrected chi connectivity index (χ2v) is 22.3. The zero-order valence-electron chi connectivity index (χ0n) is 29.2. The maximum absolute atomic E-state index is 2.76. The molecule has 48 heavy (non-hydrogen) atoms. The van der Waals surface area contributed by atoms with E-state index in [1.165, 1.54) is 86.5 Å². The minimum atomic E-state index is -2.16. The Bertz CT molecular complexity index is 1640. The van der Waals surface area contributed by atoms with E-state index in [2.05, 4.69) is 124 Å². The zero-order chi connectivity index (χ0) is 31.7. The van der Waals surface area contributed by atoms with Gasteiger partial charge in [0.25, 0.3) is 0 Å². The summed E-state index contributed by atoms with van der Waals surface area (Å²) >= 11 is -0.962. The van der Waals surface area contributed by atoms with Crippen molar-refractivity contribution in [3.63, 3.8) is 0 Å². The summed E-state index contributed by atoms with van der Waals surface area (Å²) in [4.78, 5) is 0. The molecule has 0 radical (unpaired) electrons. The summed E-state index contributed by atoms with van der Waals surface area (Å²) < 4.78 is 1.38. The number of halogens is 2. The fourth-order valence-corrected chi connectivity index (χ4v) is 19.2. The number of allylic oxidation sites excluding steroid dienone is 2. The third-order valence-corrected chi connectivity index (χ3v) is 19.5. The van der Waals surface area contributed by atoms with Gasteiger partial charge < -0.3 is 24.8 Å². The fraction of sp³-hybridized carbons (Fsp3) is 0.364. The van der Waals surface area contributed by atoms with Crippen molar-refractivity contribution in [2.75, 3.05) is 0 Å². The standard InChI is InChI=1S/C44H50Si.2ClH.Zr/c1-5-7-9-13-25-37-31-35-27-19-29-39(33-21-15-11-16-22-33)41(35)43(37)45(3,4)44-38(26-14-10-8-6-2)32-36-28-20-30-40(42(36)44)34-23-17-12-18-24-34;;;/h11-12,15-24,27-32H,5-10,13-14,25-26H2,1-4H3;2*1H;/q;;;+2/p-2. The summed E-state index contributed by atoms with van der Waals surface area (Å²) in [7, 11) is -2.16. The van der Waals surface area contributed by atoms with Crippen LogP contribution in [0.2, 0.25) is 13.1 Å². The molecule has 0 spiro atoms. The van der Waals surface area contributed by atoms with Crippen LogP contribution in [0.1, 0.15) is 108 Å². The molecule has 0 aromatic heterocycles. The predicted octanol–water partition coefficient (Wildman–Crippen LogP) is 7.17. The van der Waals surface area contributed by atoms with Crippen molar-refractivity contribution in [1.29, 1.82) is 0 Å². The molecule has 7 rings (SSSR count). The SMILES string of the molecule is CCCCCCC1=C2c3c(-c4ccccc4)cccc3[CH]1[Zr+2][CH]1C(CCCCCC)=C(c3c(-c4ccccc4)cccc31)[Si]2(C)C.[Cl-].[Cl-]. The van der Waals surface area contributed by atoms with Gasteiger partial charge in [0.2, 0.25) is 0 Å². The molecule has 248 valence electrons. The van der Waals surface area contributed by atoms with Gasteiger partial charge in [0, 0.05) is 0 Å². The van der Waals surface area contributed by atoms with Gasteiger partial charge in [0.05, 0.1) is 0 Å². The molecule has 4 aromatic rings. The Hall–Kier alpha value is -1.96. The number of fused-ring (bicyclic) bond motifs is 8. The van der Waals surface area contributed by atoms with Crippen molar-refractivity contribution in [3.8, 4) is 22.3 Å². The van der Waals surface area contributed by atoms with Crippen molar-refractivity contribution in [2.45, 2.75) is 98.4 Å². The third-order valence-electron chi connectivity index (χ3n) is 11.0. The van der Waals surface area contributed by atoms with E-state index in [4.69, 9.17) is 0 Å². The summed E-state index contributed by atoms with van der Waals surface area (Å²) in [6.45, 7) is 10.2. The van der Waals surface area contributed by atoms with Crippen LogP contribution < -0.4 is 24.8 Å². The van der Waals surface area contributed by atoms with E-state index in [1.54, 1.807) is 22.3 Å². The molecule has 2 atom stereocenters. The van der Waals surface area contributed by atoms with Crippen LogP contribution in [0.4, 0.5) is 0 Å². The smallest absolute Gasteiger partial charge is 1.00 e. The third kappa shape index (κ3) is 6.74. The first-order valence-electron chi connectivity index (χ1n) is 18.2. The Morgan fingerprint density at radius 3 is 1.31 bits per heavy atom. The summed E-state index contributed by atoms with van der Waals surface area (Å²) in [6.07, 6.45) is 13.3. The normalized spacial score (nSPS) is 18.1. The summed E-state index contributed by atoms with van der Waals surface area (Å²) in [5.74, 6) is 0. The van der Waals surface area contributed by atoms with Crippen LogP contribution in [-0.2, 0) is 23.2 Å². The van der Waals surface area contributed by atoms with Crippen LogP contribution in [0.5, 0.6) is 0 Å². The van der Waals surface area contributed by atoms with Crippen molar-refractivity contribution in [2.24, 2.45) is 0 Å². The van der Waals surface area contributed by atoms with Crippen molar-refractivity contribution in [3.05, 3.63) is 130 Å². The van der Waals surface area contributed by atoms with Crippen molar-refractivity contribution < 1.29 is 48.0 Å². The quantitative estimate of drug-likeness (QED) is 0.106. The van der Waals surface area contributed by atoms with Gasteiger partial charge in [-0.25, -0.2) is 0 Å². The maximum Gasteiger partial charge on any atom is -1.00 e. The number of benzene rings is 4. The first kappa shape index (κ1) is 37.3. The van der Waals surface area contributed by atoms with E-state index >= 15 is 0 Å². The van der Waals surface area contributed by atoms with Gasteiger partial charge in [-0.1, -0.05) is 0 Å². The maximum atomic E-state index is 2.76. The molecule has 0 amide bonds. The van der Waals surface area contributed by atoms with Crippen LogP contribution >= 0.6 is 0 Å². The minimum absolute atomic E-state index is 0. The molecule has 3 aliphatic rings. The number of rotatable bonds is 12. The van der Waals surface area contributed by atoms with Gasteiger partial charge in [-0.05, 0) is 0 Å². The Balaban J connectivity index is 0.00000225. The van der Waals surface area contributed by atoms with Gasteiger partial charge in [-0.3, -0.25) is 0 Å². The van der Waals surface area contributed by atoms with E-state index < -0.39 is 31.3 Å². The van der Waals surface area contributed by atoms with Crippen molar-refractivity contribution in [1.82, 2.24) is 0 Å². The monoisotopic (exact) mass is 766 g/mol. The molecule has 1 aliphatic heterocycles. The molecule has 4 heteroatoms. The number of hydrogen-bond acceptors (Lipinski definition) is 0. The van der Waals surface area contributed by atoms with Crippen LogP contribution in [0.25, 0.3) is 32.6 Å². The molecule has 4 aromatic carbocycles. The van der Waals surface area contributed by atoms with Gasteiger partial charge in [-0.2, -0.15) is 0 Å². The second-order valence-electron chi connectivity index (χ2n) is 14.4. The van der Waals surface area contributed by atoms with Crippen LogP contribution in [0.3, 0.4) is 0 Å². The van der Waals surface area contributed by atoms with E-state index in [9.17, 15) is 0 Å². The van der Waals surface area contributed by atoms with Crippen LogP contribution in [0, 0.1) is 0 Å². The molecule has 0 N–H and O–H groups in total. The summed E-state index contributed by atoms with van der Waals surface area (Å²) in [5, 5.41) is 3.67. The van der Waals surface area contributed by atoms with Crippen molar-refractivity contribution >= 4 is 18.5 Å². The Morgan fingerprint density at radius 2 is 0.917 bits per heavy atom. The average Bonchev–Trinajstić information content (AvgIpc) is 3.60. The minimum Gasteiger partial charge on any atom is -1.00 e. The largest absolute Gasteiger partial charge is 1.00 e. The average molecular weight is 769 g/mol. The van der Waals surface area contributed by atoms with Crippen LogP contribution in [0.15, 0.2) is 108 Å². The summed E-state index contributed by atoms with van der Waals surface area (Å²) in [5.41, 5.74) is 16.3. The fourth-order valence-electron chi connectivity index (χ4n) is 9.00. The van der Waals surface area contributed by atoms with E-state index in [-0.39, 0.29) is 24.8 Å². The van der Waals surface area contributed by atoms with E-state index in [0.29, 0.717) is 7.25 Å². The molecule has 2 aliphatic carbocycles. The van der Waals surface area contributed by atoms with Gasteiger partial charge >= 0.3 is 293 Å². The molecule has 0 nitrogen and oxygen atoms in total. The topological polar surface area (TPSA) is 0 Å². The predicted molar refractivity (Wildman–Crippen MR) is 198 cm³/mol. The Kier molecular flexibility index (Phi) is 12.7. The zero-order valence-corrected chi connectivity index (χ0v) is 34.2. The first-order chi connectivity index (χ1) is 22.6. The molecular formula is C44H50Cl2SiZr. The van der Waals surface area contributed by atoms with Gasteiger partial charge in [-0.15, -0.1) is 0 Å². The Labute approximate surface area is 315 Å². The van der Waals surface area contributed by atoms with E-state index in [1.807, 2.05) is 21.5 Å². The molecular weight excluding hydrogens is 719 g/mol.